The van der Waals surface area contributed by atoms with Gasteiger partial charge in [0.15, 0.2) is 11.5 Å². The highest BCUT2D eigenvalue weighted by molar-refractivity contribution is 7.78. The van der Waals surface area contributed by atoms with Crippen LogP contribution in [0.15, 0.2) is 24.3 Å². The maximum atomic E-state index is 12.9. The van der Waals surface area contributed by atoms with E-state index in [2.05, 4.69) is 74.6 Å². The van der Waals surface area contributed by atoms with Gasteiger partial charge < -0.3 is 4.18 Å². The van der Waals surface area contributed by atoms with Crippen LogP contribution in [-0.2, 0) is 16.7 Å². The third-order valence-corrected chi connectivity index (χ3v) is 6.37. The van der Waals surface area contributed by atoms with E-state index in [0.717, 1.165) is 28.9 Å². The molecule has 0 aliphatic heterocycles. The van der Waals surface area contributed by atoms with Crippen LogP contribution in [0.2, 0.25) is 0 Å². The van der Waals surface area contributed by atoms with Crippen LogP contribution in [-0.4, -0.2) is 24.0 Å². The summed E-state index contributed by atoms with van der Waals surface area (Å²) in [6.07, 6.45) is 1.02. The van der Waals surface area contributed by atoms with Crippen molar-refractivity contribution >= 4 is 16.9 Å². The van der Waals surface area contributed by atoms with Gasteiger partial charge in [0.05, 0.1) is 6.04 Å². The van der Waals surface area contributed by atoms with Gasteiger partial charge in [-0.15, -0.1) is 10.2 Å². The lowest BCUT2D eigenvalue weighted by Crippen LogP contribution is -2.32. The van der Waals surface area contributed by atoms with Gasteiger partial charge in [-0.1, -0.05) is 60.6 Å². The molecular weight excluding hydrogens is 422 g/mol. The summed E-state index contributed by atoms with van der Waals surface area (Å²) in [6.45, 7) is 19.3. The molecule has 7 nitrogen and oxygen atoms in total. The molecule has 176 valence electrons. The van der Waals surface area contributed by atoms with Gasteiger partial charge >= 0.3 is 0 Å². The van der Waals surface area contributed by atoms with E-state index in [1.165, 1.54) is 0 Å². The van der Waals surface area contributed by atoms with Crippen LogP contribution in [0, 0.1) is 25.2 Å². The second-order valence-electron chi connectivity index (χ2n) is 11.0. The number of aromatic nitrogens is 4. The minimum absolute atomic E-state index is 0.0500. The standard InChI is InChI=1S/C24H37N5O2S/c1-15(2)21(28-32(30)31-18-12-16(3)10-11-17(18)4)22-26-25-20-13-19(27-29(20)22)24(8,9)14-23(5,6)7/h10-13,15,21,27-28H,14H2,1-9H3. The van der Waals surface area contributed by atoms with Crippen LogP contribution in [0.1, 0.15) is 83.6 Å². The number of benzene rings is 1. The summed E-state index contributed by atoms with van der Waals surface area (Å²) in [4.78, 5) is 0. The fourth-order valence-electron chi connectivity index (χ4n) is 4.26. The number of hydrogen-bond donors (Lipinski definition) is 2. The van der Waals surface area contributed by atoms with Gasteiger partial charge in [-0.2, -0.15) is 8.93 Å². The van der Waals surface area contributed by atoms with Crippen molar-refractivity contribution in [2.75, 3.05) is 0 Å². The van der Waals surface area contributed by atoms with Gasteiger partial charge in [0, 0.05) is 17.2 Å². The molecule has 1 aromatic carbocycles. The van der Waals surface area contributed by atoms with Crippen LogP contribution < -0.4 is 8.91 Å². The highest BCUT2D eigenvalue weighted by Gasteiger charge is 2.31. The first kappa shape index (κ1) is 24.5. The fraction of sp³-hybridized carbons (Fsp3) is 0.583. The molecule has 8 heteroatoms. The molecule has 0 spiro atoms. The quantitative estimate of drug-likeness (QED) is 0.477. The molecule has 0 saturated carbocycles. The zero-order chi connectivity index (χ0) is 23.8. The Kier molecular flexibility index (Phi) is 6.86. The molecule has 0 amide bonds. The molecule has 2 unspecified atom stereocenters. The highest BCUT2D eigenvalue weighted by Crippen LogP contribution is 2.36. The number of aromatic amines is 1. The molecule has 0 fully saturated rings. The van der Waals surface area contributed by atoms with Crippen molar-refractivity contribution in [3.05, 3.63) is 46.9 Å². The van der Waals surface area contributed by atoms with Gasteiger partial charge in [-0.05, 0) is 48.8 Å². The molecule has 2 aromatic heterocycles. The predicted octanol–water partition coefficient (Wildman–Crippen LogP) is 5.33. The van der Waals surface area contributed by atoms with E-state index in [9.17, 15) is 4.21 Å². The summed E-state index contributed by atoms with van der Waals surface area (Å²) in [7, 11) is 0. The molecule has 0 aliphatic carbocycles. The van der Waals surface area contributed by atoms with Crippen LogP contribution in [0.25, 0.3) is 5.65 Å². The molecule has 32 heavy (non-hydrogen) atoms. The number of fused-ring (bicyclic) bond motifs is 1. The van der Waals surface area contributed by atoms with Crippen molar-refractivity contribution in [1.29, 1.82) is 0 Å². The van der Waals surface area contributed by atoms with Crippen LogP contribution >= 0.6 is 0 Å². The Balaban J connectivity index is 1.86. The van der Waals surface area contributed by atoms with Gasteiger partial charge in [0.1, 0.15) is 5.75 Å². The lowest BCUT2D eigenvalue weighted by atomic mass is 9.74. The average Bonchev–Trinajstić information content (AvgIpc) is 3.22. The largest absolute Gasteiger partial charge is 0.389 e. The third kappa shape index (κ3) is 5.59. The lowest BCUT2D eigenvalue weighted by molar-refractivity contribution is 0.279. The number of hydrogen-bond acceptors (Lipinski definition) is 4. The first-order chi connectivity index (χ1) is 14.8. The van der Waals surface area contributed by atoms with E-state index in [4.69, 9.17) is 4.18 Å². The summed E-state index contributed by atoms with van der Waals surface area (Å²) in [6, 6.07) is 7.61. The van der Waals surface area contributed by atoms with Gasteiger partial charge in [-0.25, -0.2) is 4.52 Å². The van der Waals surface area contributed by atoms with Crippen LogP contribution in [0.3, 0.4) is 0 Å². The van der Waals surface area contributed by atoms with E-state index in [0.29, 0.717) is 11.6 Å². The monoisotopic (exact) mass is 459 g/mol. The summed E-state index contributed by atoms with van der Waals surface area (Å²) < 4.78 is 23.6. The number of aryl methyl sites for hydroxylation is 2. The first-order valence-corrected chi connectivity index (χ1v) is 12.2. The van der Waals surface area contributed by atoms with Crippen molar-refractivity contribution < 1.29 is 8.39 Å². The Labute approximate surface area is 194 Å². The topological polar surface area (TPSA) is 84.3 Å². The summed E-state index contributed by atoms with van der Waals surface area (Å²) in [5.74, 6) is 1.41. The van der Waals surface area contributed by atoms with Crippen molar-refractivity contribution in [2.24, 2.45) is 11.3 Å². The minimum atomic E-state index is -1.74. The average molecular weight is 460 g/mol. The van der Waals surface area contributed by atoms with Crippen molar-refractivity contribution in [3.63, 3.8) is 0 Å². The SMILES string of the molecule is Cc1ccc(C)c(OS(=O)NC(c2nnc3cc(C(C)(C)CC(C)(C)C)[nH]n23)C(C)C)c1. The number of H-pyrrole nitrogens is 1. The molecule has 2 atom stereocenters. The fourth-order valence-corrected chi connectivity index (χ4v) is 5.24. The van der Waals surface area contributed by atoms with E-state index >= 15 is 0 Å². The van der Waals surface area contributed by atoms with Crippen molar-refractivity contribution in [2.45, 2.75) is 80.2 Å². The lowest BCUT2D eigenvalue weighted by Gasteiger charge is -2.31. The van der Waals surface area contributed by atoms with E-state index in [1.807, 2.05) is 36.6 Å². The first-order valence-electron chi connectivity index (χ1n) is 11.1. The molecule has 0 bridgehead atoms. The summed E-state index contributed by atoms with van der Waals surface area (Å²) >= 11 is -1.74. The molecular formula is C24H37N5O2S. The summed E-state index contributed by atoms with van der Waals surface area (Å²) in [5.41, 5.74) is 4.00. The highest BCUT2D eigenvalue weighted by atomic mass is 32.2. The van der Waals surface area contributed by atoms with Crippen LogP contribution in [0.5, 0.6) is 5.75 Å². The Bertz CT molecular complexity index is 1110. The Morgan fingerprint density at radius 3 is 2.44 bits per heavy atom. The number of nitrogens with zero attached hydrogens (tertiary/aromatic N) is 3. The maximum absolute atomic E-state index is 12.9. The zero-order valence-electron chi connectivity index (χ0n) is 20.7. The Morgan fingerprint density at radius 2 is 1.81 bits per heavy atom. The van der Waals surface area contributed by atoms with Crippen LogP contribution in [0.4, 0.5) is 0 Å². The molecule has 3 aromatic rings. The second kappa shape index (κ2) is 8.98. The second-order valence-corrected chi connectivity index (χ2v) is 11.8. The zero-order valence-corrected chi connectivity index (χ0v) is 21.6. The molecule has 0 saturated heterocycles. The predicted molar refractivity (Wildman–Crippen MR) is 130 cm³/mol. The van der Waals surface area contributed by atoms with Gasteiger partial charge in [0.25, 0.3) is 11.3 Å². The molecule has 2 N–H and O–H groups in total. The maximum Gasteiger partial charge on any atom is 0.288 e. The van der Waals surface area contributed by atoms with E-state index < -0.39 is 11.3 Å². The van der Waals surface area contributed by atoms with Gasteiger partial charge in [-0.3, -0.25) is 5.10 Å². The smallest absolute Gasteiger partial charge is 0.288 e. The third-order valence-electron chi connectivity index (χ3n) is 5.60. The molecule has 2 heterocycles. The van der Waals surface area contributed by atoms with Gasteiger partial charge in [0.2, 0.25) is 0 Å². The minimum Gasteiger partial charge on any atom is -0.389 e. The Morgan fingerprint density at radius 1 is 1.12 bits per heavy atom. The van der Waals surface area contributed by atoms with E-state index in [1.54, 1.807) is 0 Å². The summed E-state index contributed by atoms with van der Waals surface area (Å²) in [5, 5.41) is 12.3. The normalized spacial score (nSPS) is 14.8. The number of rotatable bonds is 8. The molecule has 0 radical (unpaired) electrons. The van der Waals surface area contributed by atoms with E-state index in [-0.39, 0.29) is 22.8 Å². The Hall–Kier alpha value is -2.19. The molecule has 0 aliphatic rings. The van der Waals surface area contributed by atoms with Crippen molar-refractivity contribution in [3.8, 4) is 5.75 Å². The number of nitrogens with one attached hydrogen (secondary N) is 2. The molecule has 3 rings (SSSR count). The van der Waals surface area contributed by atoms with Crippen molar-refractivity contribution in [1.82, 2.24) is 24.5 Å².